The highest BCUT2D eigenvalue weighted by atomic mass is 16.5. The van der Waals surface area contributed by atoms with Crippen molar-refractivity contribution >= 4 is 11.9 Å². The highest BCUT2D eigenvalue weighted by molar-refractivity contribution is 5.97. The highest BCUT2D eigenvalue weighted by Gasteiger charge is 2.24. The number of nitrogens with one attached hydrogen (secondary N) is 1. The first-order valence-corrected chi connectivity index (χ1v) is 9.29. The van der Waals surface area contributed by atoms with Crippen LogP contribution in [0.3, 0.4) is 0 Å². The monoisotopic (exact) mass is 389 g/mol. The zero-order chi connectivity index (χ0) is 20.6. The van der Waals surface area contributed by atoms with E-state index in [-0.39, 0.29) is 5.91 Å². The maximum absolute atomic E-state index is 12.7. The van der Waals surface area contributed by atoms with Crippen molar-refractivity contribution in [3.8, 4) is 5.75 Å². The Balaban J connectivity index is 1.71. The van der Waals surface area contributed by atoms with Gasteiger partial charge < -0.3 is 14.8 Å². The lowest BCUT2D eigenvalue weighted by molar-refractivity contribution is -0.143. The molecule has 1 unspecified atom stereocenters. The van der Waals surface area contributed by atoms with Crippen molar-refractivity contribution in [3.63, 3.8) is 0 Å². The van der Waals surface area contributed by atoms with Gasteiger partial charge in [0, 0.05) is 5.56 Å². The van der Waals surface area contributed by atoms with Gasteiger partial charge in [0.15, 0.2) is 6.04 Å². The van der Waals surface area contributed by atoms with Crippen LogP contribution in [0.2, 0.25) is 0 Å². The Kier molecular flexibility index (Phi) is 6.63. The topological polar surface area (TPSA) is 64.6 Å². The number of esters is 1. The van der Waals surface area contributed by atoms with Gasteiger partial charge in [-0.3, -0.25) is 4.79 Å². The molecule has 0 aliphatic rings. The molecular formula is C24H23NO4. The normalized spacial score (nSPS) is 11.4. The van der Waals surface area contributed by atoms with Gasteiger partial charge >= 0.3 is 5.97 Å². The maximum atomic E-state index is 12.7. The molecule has 1 atom stereocenters. The van der Waals surface area contributed by atoms with Crippen molar-refractivity contribution in [2.45, 2.75) is 19.6 Å². The fraction of sp³-hybridized carbons (Fsp3) is 0.167. The standard InChI is InChI=1S/C24H23NO4/c1-17-8-6-9-18(14-17)16-29-21-13-7-12-20(15-21)23(26)25-22(24(27)28-2)19-10-4-3-5-11-19/h3-15,22H,16H2,1-2H3,(H,25,26). The molecule has 5 heteroatoms. The van der Waals surface area contributed by atoms with E-state index in [1.54, 1.807) is 48.5 Å². The number of amides is 1. The Morgan fingerprint density at radius 3 is 2.41 bits per heavy atom. The maximum Gasteiger partial charge on any atom is 0.333 e. The van der Waals surface area contributed by atoms with Gasteiger partial charge in [-0.2, -0.15) is 0 Å². The summed E-state index contributed by atoms with van der Waals surface area (Å²) in [6.07, 6.45) is 0. The molecule has 0 saturated heterocycles. The average Bonchev–Trinajstić information content (AvgIpc) is 2.76. The van der Waals surface area contributed by atoms with Gasteiger partial charge in [-0.25, -0.2) is 4.79 Å². The first kappa shape index (κ1) is 20.1. The lowest BCUT2D eigenvalue weighted by atomic mass is 10.1. The van der Waals surface area contributed by atoms with E-state index >= 15 is 0 Å². The predicted molar refractivity (Wildman–Crippen MR) is 111 cm³/mol. The molecule has 0 aromatic heterocycles. The second-order valence-corrected chi connectivity index (χ2v) is 6.65. The summed E-state index contributed by atoms with van der Waals surface area (Å²) in [4.78, 5) is 24.9. The third kappa shape index (κ3) is 5.45. The lowest BCUT2D eigenvalue weighted by Crippen LogP contribution is -2.34. The molecule has 0 bridgehead atoms. The summed E-state index contributed by atoms with van der Waals surface area (Å²) in [7, 11) is 1.30. The average molecular weight is 389 g/mol. The highest BCUT2D eigenvalue weighted by Crippen LogP contribution is 2.18. The lowest BCUT2D eigenvalue weighted by Gasteiger charge is -2.17. The number of hydrogen-bond donors (Lipinski definition) is 1. The number of methoxy groups -OCH3 is 1. The molecule has 0 fully saturated rings. The fourth-order valence-electron chi connectivity index (χ4n) is 2.95. The minimum Gasteiger partial charge on any atom is -0.489 e. The molecule has 1 amide bonds. The smallest absolute Gasteiger partial charge is 0.333 e. The predicted octanol–water partition coefficient (Wildman–Crippen LogP) is 4.22. The second-order valence-electron chi connectivity index (χ2n) is 6.65. The molecule has 1 N–H and O–H groups in total. The van der Waals surface area contributed by atoms with Crippen molar-refractivity contribution in [1.29, 1.82) is 0 Å². The summed E-state index contributed by atoms with van der Waals surface area (Å²) in [6.45, 7) is 2.43. The molecule has 0 saturated carbocycles. The van der Waals surface area contributed by atoms with Crippen molar-refractivity contribution in [1.82, 2.24) is 5.32 Å². The van der Waals surface area contributed by atoms with Crippen LogP contribution in [0.4, 0.5) is 0 Å². The van der Waals surface area contributed by atoms with E-state index < -0.39 is 12.0 Å². The van der Waals surface area contributed by atoms with Crippen LogP contribution in [0, 0.1) is 6.92 Å². The summed E-state index contributed by atoms with van der Waals surface area (Å²) < 4.78 is 10.7. The van der Waals surface area contributed by atoms with E-state index in [1.165, 1.54) is 7.11 Å². The number of ether oxygens (including phenoxy) is 2. The molecule has 0 spiro atoms. The number of carbonyl (C=O) groups excluding carboxylic acids is 2. The van der Waals surface area contributed by atoms with E-state index in [4.69, 9.17) is 9.47 Å². The zero-order valence-electron chi connectivity index (χ0n) is 16.4. The molecule has 0 aliphatic carbocycles. The van der Waals surface area contributed by atoms with Crippen molar-refractivity contribution in [2.75, 3.05) is 7.11 Å². The minimum atomic E-state index is -0.884. The van der Waals surface area contributed by atoms with Gasteiger partial charge in [0.1, 0.15) is 12.4 Å². The molecular weight excluding hydrogens is 366 g/mol. The van der Waals surface area contributed by atoms with Gasteiger partial charge in [-0.05, 0) is 36.2 Å². The molecule has 148 valence electrons. The Morgan fingerprint density at radius 1 is 0.931 bits per heavy atom. The van der Waals surface area contributed by atoms with Crippen molar-refractivity contribution < 1.29 is 19.1 Å². The van der Waals surface area contributed by atoms with E-state index in [0.29, 0.717) is 23.5 Å². The van der Waals surface area contributed by atoms with Gasteiger partial charge in [0.2, 0.25) is 0 Å². The molecule has 3 rings (SSSR count). The van der Waals surface area contributed by atoms with Crippen molar-refractivity contribution in [2.24, 2.45) is 0 Å². The summed E-state index contributed by atoms with van der Waals surface area (Å²) in [6, 6.07) is 23.0. The molecule has 0 radical (unpaired) electrons. The number of benzene rings is 3. The third-order valence-electron chi connectivity index (χ3n) is 4.43. The van der Waals surface area contributed by atoms with E-state index in [2.05, 4.69) is 11.4 Å². The summed E-state index contributed by atoms with van der Waals surface area (Å²) >= 11 is 0. The van der Waals surface area contributed by atoms with E-state index in [9.17, 15) is 9.59 Å². The van der Waals surface area contributed by atoms with Crippen LogP contribution >= 0.6 is 0 Å². The first-order valence-electron chi connectivity index (χ1n) is 9.29. The number of carbonyl (C=O) groups is 2. The Labute approximate surface area is 170 Å². The van der Waals surface area contributed by atoms with Crippen molar-refractivity contribution in [3.05, 3.63) is 101 Å². The van der Waals surface area contributed by atoms with Gasteiger partial charge in [0.05, 0.1) is 7.11 Å². The fourth-order valence-corrected chi connectivity index (χ4v) is 2.95. The summed E-state index contributed by atoms with van der Waals surface area (Å²) in [5, 5.41) is 2.74. The SMILES string of the molecule is COC(=O)C(NC(=O)c1cccc(OCc2cccc(C)c2)c1)c1ccccc1. The zero-order valence-corrected chi connectivity index (χ0v) is 16.4. The Morgan fingerprint density at radius 2 is 1.69 bits per heavy atom. The number of hydrogen-bond acceptors (Lipinski definition) is 4. The minimum absolute atomic E-state index is 0.384. The van der Waals surface area contributed by atoms with Crippen LogP contribution < -0.4 is 10.1 Å². The Hall–Kier alpha value is -3.60. The van der Waals surface area contributed by atoms with Crippen LogP contribution in [0.15, 0.2) is 78.9 Å². The molecule has 3 aromatic carbocycles. The molecule has 3 aromatic rings. The van der Waals surface area contributed by atoms with Crippen LogP contribution in [-0.4, -0.2) is 19.0 Å². The van der Waals surface area contributed by atoms with Gasteiger partial charge in [-0.15, -0.1) is 0 Å². The van der Waals surface area contributed by atoms with Crippen LogP contribution in [0.25, 0.3) is 0 Å². The summed E-state index contributed by atoms with van der Waals surface area (Å²) in [5.41, 5.74) is 3.26. The van der Waals surface area contributed by atoms with E-state index in [0.717, 1.165) is 11.1 Å². The van der Waals surface area contributed by atoms with Crippen LogP contribution in [-0.2, 0) is 16.1 Å². The quantitative estimate of drug-likeness (QED) is 0.615. The number of rotatable bonds is 7. The second kappa shape index (κ2) is 9.55. The Bertz CT molecular complexity index is 985. The van der Waals surface area contributed by atoms with Gasteiger partial charge in [-0.1, -0.05) is 66.2 Å². The largest absolute Gasteiger partial charge is 0.489 e. The summed E-state index contributed by atoms with van der Waals surface area (Å²) in [5.74, 6) is -0.338. The molecule has 5 nitrogen and oxygen atoms in total. The molecule has 0 heterocycles. The van der Waals surface area contributed by atoms with E-state index in [1.807, 2.05) is 31.2 Å². The van der Waals surface area contributed by atoms with Crippen LogP contribution in [0.5, 0.6) is 5.75 Å². The molecule has 0 aliphatic heterocycles. The van der Waals surface area contributed by atoms with Crippen LogP contribution in [0.1, 0.15) is 33.1 Å². The first-order chi connectivity index (χ1) is 14.1. The number of aryl methyl sites for hydroxylation is 1. The molecule has 29 heavy (non-hydrogen) atoms. The van der Waals surface area contributed by atoms with Gasteiger partial charge in [0.25, 0.3) is 5.91 Å². The third-order valence-corrected chi connectivity index (χ3v) is 4.43.